The molecule has 0 aromatic heterocycles. The van der Waals surface area contributed by atoms with Crippen molar-refractivity contribution in [2.24, 2.45) is 5.73 Å². The molecule has 1 aromatic rings. The third-order valence-electron chi connectivity index (χ3n) is 2.45. The van der Waals surface area contributed by atoms with Gasteiger partial charge in [0.1, 0.15) is 0 Å². The van der Waals surface area contributed by atoms with Crippen LogP contribution in [0.25, 0.3) is 0 Å². The SMILES string of the molecule is CNC(C)CNC(=O)c1cccc(NC(N)=O)c1. The van der Waals surface area contributed by atoms with Crippen molar-refractivity contribution in [2.45, 2.75) is 13.0 Å². The summed E-state index contributed by atoms with van der Waals surface area (Å²) in [6, 6.07) is 6.13. The molecule has 0 saturated carbocycles. The van der Waals surface area contributed by atoms with Crippen molar-refractivity contribution < 1.29 is 9.59 Å². The molecule has 98 valence electrons. The maximum absolute atomic E-state index is 11.8. The van der Waals surface area contributed by atoms with Crippen LogP contribution < -0.4 is 21.7 Å². The van der Waals surface area contributed by atoms with Crippen LogP contribution in [0.3, 0.4) is 0 Å². The second kappa shape index (κ2) is 6.61. The first kappa shape index (κ1) is 14.0. The summed E-state index contributed by atoms with van der Waals surface area (Å²) in [5.41, 5.74) is 5.98. The van der Waals surface area contributed by atoms with Gasteiger partial charge in [0.2, 0.25) is 0 Å². The highest BCUT2D eigenvalue weighted by molar-refractivity contribution is 5.96. The average Bonchev–Trinajstić information content (AvgIpc) is 2.35. The van der Waals surface area contributed by atoms with Gasteiger partial charge in [-0.3, -0.25) is 4.79 Å². The Morgan fingerprint density at radius 1 is 1.39 bits per heavy atom. The van der Waals surface area contributed by atoms with Crippen molar-refractivity contribution in [2.75, 3.05) is 18.9 Å². The summed E-state index contributed by atoms with van der Waals surface area (Å²) in [7, 11) is 1.83. The van der Waals surface area contributed by atoms with Crippen LogP contribution in [0.4, 0.5) is 10.5 Å². The molecule has 1 atom stereocenters. The van der Waals surface area contributed by atoms with Gasteiger partial charge in [0.25, 0.3) is 5.91 Å². The van der Waals surface area contributed by atoms with Crippen LogP contribution >= 0.6 is 0 Å². The molecule has 0 aliphatic carbocycles. The van der Waals surface area contributed by atoms with Gasteiger partial charge in [-0.05, 0) is 32.2 Å². The van der Waals surface area contributed by atoms with E-state index < -0.39 is 6.03 Å². The van der Waals surface area contributed by atoms with Gasteiger partial charge in [0.15, 0.2) is 0 Å². The number of rotatable bonds is 5. The Bertz CT molecular complexity index is 434. The molecule has 6 heteroatoms. The molecule has 0 aliphatic heterocycles. The fourth-order valence-electron chi connectivity index (χ4n) is 1.33. The van der Waals surface area contributed by atoms with E-state index in [9.17, 15) is 9.59 Å². The lowest BCUT2D eigenvalue weighted by atomic mass is 10.2. The maximum Gasteiger partial charge on any atom is 0.316 e. The van der Waals surface area contributed by atoms with Crippen LogP contribution in [0.15, 0.2) is 24.3 Å². The summed E-state index contributed by atoms with van der Waals surface area (Å²) < 4.78 is 0. The predicted molar refractivity (Wildman–Crippen MR) is 70.5 cm³/mol. The Labute approximate surface area is 106 Å². The Hall–Kier alpha value is -2.08. The molecule has 0 heterocycles. The highest BCUT2D eigenvalue weighted by Crippen LogP contribution is 2.10. The van der Waals surface area contributed by atoms with Gasteiger partial charge < -0.3 is 21.7 Å². The molecule has 0 bridgehead atoms. The van der Waals surface area contributed by atoms with Gasteiger partial charge in [-0.15, -0.1) is 0 Å². The molecule has 6 nitrogen and oxygen atoms in total. The molecule has 0 radical (unpaired) electrons. The molecule has 0 saturated heterocycles. The second-order valence-electron chi connectivity index (χ2n) is 3.97. The highest BCUT2D eigenvalue weighted by atomic mass is 16.2. The minimum absolute atomic E-state index is 0.190. The van der Waals surface area contributed by atoms with E-state index in [0.29, 0.717) is 17.8 Å². The van der Waals surface area contributed by atoms with Crippen molar-refractivity contribution in [3.8, 4) is 0 Å². The Kier molecular flexibility index (Phi) is 5.13. The Morgan fingerprint density at radius 2 is 2.11 bits per heavy atom. The lowest BCUT2D eigenvalue weighted by Gasteiger charge is -2.11. The summed E-state index contributed by atoms with van der Waals surface area (Å²) >= 11 is 0. The van der Waals surface area contributed by atoms with Gasteiger partial charge in [-0.1, -0.05) is 6.07 Å². The predicted octanol–water partition coefficient (Wildman–Crippen LogP) is 0.515. The van der Waals surface area contributed by atoms with Crippen LogP contribution in [0.2, 0.25) is 0 Å². The van der Waals surface area contributed by atoms with Crippen LogP contribution in [0.5, 0.6) is 0 Å². The molecule has 1 rings (SSSR count). The summed E-state index contributed by atoms with van der Waals surface area (Å²) in [6.45, 7) is 2.49. The first-order valence-electron chi connectivity index (χ1n) is 5.65. The number of carbonyl (C=O) groups is 2. The zero-order valence-electron chi connectivity index (χ0n) is 10.5. The first-order chi connectivity index (χ1) is 8.52. The molecule has 3 amide bonds. The summed E-state index contributed by atoms with van der Waals surface area (Å²) in [6.07, 6.45) is 0. The van der Waals surface area contributed by atoms with E-state index in [-0.39, 0.29) is 11.9 Å². The average molecular weight is 250 g/mol. The largest absolute Gasteiger partial charge is 0.351 e. The zero-order valence-corrected chi connectivity index (χ0v) is 10.5. The van der Waals surface area contributed by atoms with Crippen LogP contribution in [0, 0.1) is 0 Å². The van der Waals surface area contributed by atoms with E-state index in [1.165, 1.54) is 0 Å². The van der Waals surface area contributed by atoms with Crippen molar-refractivity contribution in [1.82, 2.24) is 10.6 Å². The van der Waals surface area contributed by atoms with Crippen molar-refractivity contribution >= 4 is 17.6 Å². The number of benzene rings is 1. The number of carbonyl (C=O) groups excluding carboxylic acids is 2. The Morgan fingerprint density at radius 3 is 2.72 bits per heavy atom. The van der Waals surface area contributed by atoms with Crippen LogP contribution in [0.1, 0.15) is 17.3 Å². The third kappa shape index (κ3) is 4.42. The molecule has 18 heavy (non-hydrogen) atoms. The molecule has 1 aromatic carbocycles. The lowest BCUT2D eigenvalue weighted by molar-refractivity contribution is 0.0950. The number of likely N-dealkylation sites (N-methyl/N-ethyl adjacent to an activating group) is 1. The molecule has 0 fully saturated rings. The van der Waals surface area contributed by atoms with Crippen molar-refractivity contribution in [1.29, 1.82) is 0 Å². The maximum atomic E-state index is 11.8. The number of anilines is 1. The van der Waals surface area contributed by atoms with E-state index in [2.05, 4.69) is 16.0 Å². The van der Waals surface area contributed by atoms with E-state index in [0.717, 1.165) is 0 Å². The van der Waals surface area contributed by atoms with Gasteiger partial charge in [-0.25, -0.2) is 4.79 Å². The zero-order chi connectivity index (χ0) is 13.5. The molecule has 1 unspecified atom stereocenters. The lowest BCUT2D eigenvalue weighted by Crippen LogP contribution is -2.37. The van der Waals surface area contributed by atoms with Crippen LogP contribution in [-0.4, -0.2) is 31.6 Å². The van der Waals surface area contributed by atoms with Crippen molar-refractivity contribution in [3.63, 3.8) is 0 Å². The minimum Gasteiger partial charge on any atom is -0.351 e. The standard InChI is InChI=1S/C12H18N4O2/c1-8(14-2)7-15-11(17)9-4-3-5-10(6-9)16-12(13)18/h3-6,8,14H,7H2,1-2H3,(H,15,17)(H3,13,16,18). The molecule has 0 aliphatic rings. The monoisotopic (exact) mass is 250 g/mol. The van der Waals surface area contributed by atoms with Crippen molar-refractivity contribution in [3.05, 3.63) is 29.8 Å². The number of urea groups is 1. The summed E-state index contributed by atoms with van der Waals surface area (Å²) in [5.74, 6) is -0.190. The van der Waals surface area contributed by atoms with Gasteiger partial charge >= 0.3 is 6.03 Å². The Balaban J connectivity index is 2.65. The fraction of sp³-hybridized carbons (Fsp3) is 0.333. The number of nitrogens with two attached hydrogens (primary N) is 1. The highest BCUT2D eigenvalue weighted by Gasteiger charge is 2.07. The van der Waals surface area contributed by atoms with E-state index in [1.54, 1.807) is 24.3 Å². The van der Waals surface area contributed by atoms with E-state index in [4.69, 9.17) is 5.73 Å². The van der Waals surface area contributed by atoms with E-state index >= 15 is 0 Å². The number of hydrogen-bond donors (Lipinski definition) is 4. The molecular formula is C12H18N4O2. The molecular weight excluding hydrogens is 232 g/mol. The van der Waals surface area contributed by atoms with Gasteiger partial charge in [0, 0.05) is 23.8 Å². The number of hydrogen-bond acceptors (Lipinski definition) is 3. The fourth-order valence-corrected chi connectivity index (χ4v) is 1.33. The first-order valence-corrected chi connectivity index (χ1v) is 5.65. The minimum atomic E-state index is -0.656. The smallest absolute Gasteiger partial charge is 0.316 e. The molecule has 5 N–H and O–H groups in total. The van der Waals surface area contributed by atoms with E-state index in [1.807, 2.05) is 14.0 Å². The number of primary amides is 1. The third-order valence-corrected chi connectivity index (χ3v) is 2.45. The van der Waals surface area contributed by atoms with Gasteiger partial charge in [-0.2, -0.15) is 0 Å². The second-order valence-corrected chi connectivity index (χ2v) is 3.97. The van der Waals surface area contributed by atoms with Crippen LogP contribution in [-0.2, 0) is 0 Å². The topological polar surface area (TPSA) is 96.2 Å². The summed E-state index contributed by atoms with van der Waals surface area (Å²) in [4.78, 5) is 22.5. The number of amides is 3. The molecule has 0 spiro atoms. The quantitative estimate of drug-likeness (QED) is 0.613. The number of nitrogens with one attached hydrogen (secondary N) is 3. The summed E-state index contributed by atoms with van der Waals surface area (Å²) in [5, 5.41) is 8.23. The normalized spacial score (nSPS) is 11.7. The van der Waals surface area contributed by atoms with Gasteiger partial charge in [0.05, 0.1) is 0 Å².